The number of amides is 1. The van der Waals surface area contributed by atoms with Gasteiger partial charge >= 0.3 is 6.09 Å². The molecule has 1 aromatic carbocycles. The third-order valence-electron chi connectivity index (χ3n) is 2.03. The molecule has 7 nitrogen and oxygen atoms in total. The van der Waals surface area contributed by atoms with Crippen molar-refractivity contribution in [1.82, 2.24) is 0 Å². The molecule has 0 aromatic heterocycles. The molecule has 1 rings (SSSR count). The van der Waals surface area contributed by atoms with Crippen molar-refractivity contribution in [2.45, 2.75) is 12.1 Å². The summed E-state index contributed by atoms with van der Waals surface area (Å²) in [5.41, 5.74) is 5.02. The second kappa shape index (κ2) is 5.46. The van der Waals surface area contributed by atoms with Gasteiger partial charge in [0, 0.05) is 10.5 Å². The fourth-order valence-electron chi connectivity index (χ4n) is 1.34. The van der Waals surface area contributed by atoms with E-state index in [-0.39, 0.29) is 5.56 Å². The van der Waals surface area contributed by atoms with Crippen LogP contribution >= 0.6 is 0 Å². The van der Waals surface area contributed by atoms with Crippen LogP contribution in [0, 0.1) is 21.4 Å². The van der Waals surface area contributed by atoms with Gasteiger partial charge in [0.2, 0.25) is 0 Å². The lowest BCUT2D eigenvalue weighted by Gasteiger charge is -2.14. The number of nitriles is 1. The predicted molar refractivity (Wildman–Crippen MR) is 56.2 cm³/mol. The third-order valence-corrected chi connectivity index (χ3v) is 2.03. The van der Waals surface area contributed by atoms with E-state index < -0.39 is 23.2 Å². The molecule has 0 aliphatic heterocycles. The highest BCUT2D eigenvalue weighted by molar-refractivity contribution is 5.65. The highest BCUT2D eigenvalue weighted by Gasteiger charge is 2.36. The molecule has 0 bridgehead atoms. The molecule has 7 heteroatoms. The van der Waals surface area contributed by atoms with Crippen molar-refractivity contribution in [1.29, 1.82) is 5.26 Å². The maximum absolute atomic E-state index is 10.9. The molecular formula is C10H9N3O4. The lowest BCUT2D eigenvalue weighted by Crippen LogP contribution is -2.31. The van der Waals surface area contributed by atoms with Crippen LogP contribution in [-0.4, -0.2) is 17.1 Å². The molecule has 0 aliphatic rings. The van der Waals surface area contributed by atoms with E-state index in [1.165, 1.54) is 12.1 Å². The molecule has 2 N–H and O–H groups in total. The lowest BCUT2D eigenvalue weighted by molar-refractivity contribution is -0.537. The SMILES string of the molecule is N#CC(OC(N)=O)C(c1ccccc1)[N+](=O)[O-]. The van der Waals surface area contributed by atoms with E-state index in [1.54, 1.807) is 24.3 Å². The number of nitrogens with zero attached hydrogens (tertiary/aromatic N) is 2. The Balaban J connectivity index is 3.05. The van der Waals surface area contributed by atoms with Crippen LogP contribution in [0.15, 0.2) is 30.3 Å². The Bertz CT molecular complexity index is 454. The molecule has 0 spiro atoms. The zero-order valence-corrected chi connectivity index (χ0v) is 8.65. The van der Waals surface area contributed by atoms with Crippen molar-refractivity contribution >= 4 is 6.09 Å². The van der Waals surface area contributed by atoms with E-state index in [0.717, 1.165) is 0 Å². The van der Waals surface area contributed by atoms with Crippen molar-refractivity contribution in [3.8, 4) is 6.07 Å². The number of carbonyl (C=O) groups is 1. The third kappa shape index (κ3) is 3.17. The minimum absolute atomic E-state index is 0.269. The van der Waals surface area contributed by atoms with Gasteiger partial charge in [-0.25, -0.2) is 4.79 Å². The van der Waals surface area contributed by atoms with Gasteiger partial charge in [-0.3, -0.25) is 10.1 Å². The molecule has 1 amide bonds. The first-order valence-corrected chi connectivity index (χ1v) is 4.60. The van der Waals surface area contributed by atoms with Crippen LogP contribution < -0.4 is 5.73 Å². The fourth-order valence-corrected chi connectivity index (χ4v) is 1.34. The fraction of sp³-hybridized carbons (Fsp3) is 0.200. The van der Waals surface area contributed by atoms with Gasteiger partial charge in [-0.1, -0.05) is 30.3 Å². The average Bonchev–Trinajstić information content (AvgIpc) is 2.28. The Labute approximate surface area is 96.6 Å². The number of hydrogen-bond acceptors (Lipinski definition) is 5. The largest absolute Gasteiger partial charge is 0.423 e. The molecule has 0 saturated carbocycles. The van der Waals surface area contributed by atoms with Crippen molar-refractivity contribution in [2.24, 2.45) is 5.73 Å². The second-order valence-electron chi connectivity index (χ2n) is 3.13. The summed E-state index contributed by atoms with van der Waals surface area (Å²) in [4.78, 5) is 20.8. The number of primary amides is 1. The number of nitro groups is 1. The van der Waals surface area contributed by atoms with Crippen LogP contribution in [0.3, 0.4) is 0 Å². The summed E-state index contributed by atoms with van der Waals surface area (Å²) in [6.45, 7) is 0. The van der Waals surface area contributed by atoms with E-state index in [1.807, 2.05) is 0 Å². The summed E-state index contributed by atoms with van der Waals surface area (Å²) in [7, 11) is 0. The molecule has 2 atom stereocenters. The zero-order chi connectivity index (χ0) is 12.8. The monoisotopic (exact) mass is 235 g/mol. The maximum Gasteiger partial charge on any atom is 0.406 e. The van der Waals surface area contributed by atoms with Gasteiger partial charge in [0.15, 0.2) is 0 Å². The molecule has 0 heterocycles. The number of rotatable bonds is 4. The highest BCUT2D eigenvalue weighted by atomic mass is 16.6. The smallest absolute Gasteiger partial charge is 0.406 e. The predicted octanol–water partition coefficient (Wildman–Crippen LogP) is 0.992. The number of hydrogen-bond donors (Lipinski definition) is 1. The van der Waals surface area contributed by atoms with E-state index in [4.69, 9.17) is 11.0 Å². The average molecular weight is 235 g/mol. The van der Waals surface area contributed by atoms with Gasteiger partial charge in [-0.15, -0.1) is 0 Å². The van der Waals surface area contributed by atoms with Gasteiger partial charge in [0.1, 0.15) is 6.07 Å². The first-order valence-electron chi connectivity index (χ1n) is 4.60. The topological polar surface area (TPSA) is 119 Å². The normalized spacial score (nSPS) is 13.1. The molecule has 0 fully saturated rings. The van der Waals surface area contributed by atoms with Crippen molar-refractivity contribution in [3.05, 3.63) is 46.0 Å². The minimum Gasteiger partial charge on any atom is -0.423 e. The Morgan fingerprint density at radius 3 is 2.47 bits per heavy atom. The Hall–Kier alpha value is -2.62. The molecule has 1 aromatic rings. The van der Waals surface area contributed by atoms with Gasteiger partial charge in [-0.05, 0) is 0 Å². The van der Waals surface area contributed by atoms with Crippen LogP contribution in [0.1, 0.15) is 11.6 Å². The maximum atomic E-state index is 10.9. The molecule has 2 unspecified atom stereocenters. The molecule has 0 aliphatic carbocycles. The Morgan fingerprint density at radius 1 is 1.47 bits per heavy atom. The van der Waals surface area contributed by atoms with Crippen molar-refractivity contribution in [2.75, 3.05) is 0 Å². The first-order chi connectivity index (χ1) is 8.06. The van der Waals surface area contributed by atoms with Crippen LogP contribution in [-0.2, 0) is 4.74 Å². The summed E-state index contributed by atoms with van der Waals surface area (Å²) < 4.78 is 4.41. The van der Waals surface area contributed by atoms with Gasteiger partial charge in [0.05, 0.1) is 0 Å². The first kappa shape index (κ1) is 12.4. The van der Waals surface area contributed by atoms with Gasteiger partial charge < -0.3 is 10.5 Å². The molecular weight excluding hydrogens is 226 g/mol. The summed E-state index contributed by atoms with van der Waals surface area (Å²) >= 11 is 0. The number of nitrogens with two attached hydrogens (primary N) is 1. The van der Waals surface area contributed by atoms with Crippen molar-refractivity contribution in [3.63, 3.8) is 0 Å². The number of ether oxygens (including phenoxy) is 1. The zero-order valence-electron chi connectivity index (χ0n) is 8.65. The highest BCUT2D eigenvalue weighted by Crippen LogP contribution is 2.22. The van der Waals surface area contributed by atoms with E-state index in [2.05, 4.69) is 4.74 Å². The van der Waals surface area contributed by atoms with Crippen LogP contribution in [0.2, 0.25) is 0 Å². The molecule has 88 valence electrons. The molecule has 0 saturated heterocycles. The number of benzene rings is 1. The van der Waals surface area contributed by atoms with Gasteiger partial charge in [0.25, 0.3) is 12.1 Å². The second-order valence-corrected chi connectivity index (χ2v) is 3.13. The summed E-state index contributed by atoms with van der Waals surface area (Å²) in [5.74, 6) is 0. The molecule has 17 heavy (non-hydrogen) atoms. The van der Waals surface area contributed by atoms with Crippen LogP contribution in [0.4, 0.5) is 4.79 Å². The van der Waals surface area contributed by atoms with E-state index >= 15 is 0 Å². The minimum atomic E-state index is -1.55. The summed E-state index contributed by atoms with van der Waals surface area (Å²) in [5, 5.41) is 19.7. The number of carbonyl (C=O) groups excluding carboxylic acids is 1. The van der Waals surface area contributed by atoms with Crippen LogP contribution in [0.25, 0.3) is 0 Å². The summed E-state index contributed by atoms with van der Waals surface area (Å²) in [6.07, 6.45) is -2.77. The van der Waals surface area contributed by atoms with Crippen LogP contribution in [0.5, 0.6) is 0 Å². The molecule has 0 radical (unpaired) electrons. The van der Waals surface area contributed by atoms with Crippen molar-refractivity contribution < 1.29 is 14.5 Å². The Morgan fingerprint density at radius 2 is 2.06 bits per heavy atom. The standard InChI is InChI=1S/C10H9N3O4/c11-6-8(17-10(12)14)9(13(15)16)7-4-2-1-3-5-7/h1-5,8-9H,(H2,12,14). The van der Waals surface area contributed by atoms with E-state index in [0.29, 0.717) is 0 Å². The quantitative estimate of drug-likeness (QED) is 0.616. The van der Waals surface area contributed by atoms with E-state index in [9.17, 15) is 14.9 Å². The summed E-state index contributed by atoms with van der Waals surface area (Å²) in [6, 6.07) is 7.90. The van der Waals surface area contributed by atoms with Gasteiger partial charge in [-0.2, -0.15) is 5.26 Å². The lowest BCUT2D eigenvalue weighted by atomic mass is 10.0. The Kier molecular flexibility index (Phi) is 4.00.